The molecule has 0 unspecified atom stereocenters. The zero-order valence-corrected chi connectivity index (χ0v) is 15.2. The van der Waals surface area contributed by atoms with Gasteiger partial charge in [0.1, 0.15) is 0 Å². The lowest BCUT2D eigenvalue weighted by Gasteiger charge is -2.11. The summed E-state index contributed by atoms with van der Waals surface area (Å²) in [4.78, 5) is 24.4. The minimum atomic E-state index is -4.58. The van der Waals surface area contributed by atoms with Gasteiger partial charge in [0.25, 0.3) is 0 Å². The molecule has 0 saturated heterocycles. The lowest BCUT2D eigenvalue weighted by Crippen LogP contribution is -2.15. The molecule has 0 saturated carbocycles. The monoisotopic (exact) mass is 440 g/mol. The maximum Gasteiger partial charge on any atom is 0.416 e. The van der Waals surface area contributed by atoms with Gasteiger partial charge < -0.3 is 9.47 Å². The van der Waals surface area contributed by atoms with Crippen molar-refractivity contribution < 1.29 is 45.4 Å². The van der Waals surface area contributed by atoms with E-state index in [0.717, 1.165) is 12.1 Å². The van der Waals surface area contributed by atoms with Crippen molar-refractivity contribution in [1.29, 1.82) is 0 Å². The Hall–Kier alpha value is -3.82. The van der Waals surface area contributed by atoms with Gasteiger partial charge in [-0.3, -0.25) is 0 Å². The molecule has 10 heteroatoms. The predicted octanol–water partition coefficient (Wildman–Crippen LogP) is 5.56. The summed E-state index contributed by atoms with van der Waals surface area (Å²) in [6.45, 7) is 0. The first-order valence-electron chi connectivity index (χ1n) is 8.42. The predicted molar refractivity (Wildman–Crippen MR) is 94.1 cm³/mol. The summed E-state index contributed by atoms with van der Waals surface area (Å²) >= 11 is 0. The van der Waals surface area contributed by atoms with Crippen LogP contribution in [0.4, 0.5) is 26.3 Å². The first kappa shape index (κ1) is 21.9. The Morgan fingerprint density at radius 1 is 0.677 bits per heavy atom. The third-order valence-electron chi connectivity index (χ3n) is 3.96. The van der Waals surface area contributed by atoms with Gasteiger partial charge in [-0.25, -0.2) is 22.8 Å². The van der Waals surface area contributed by atoms with Crippen LogP contribution in [0.3, 0.4) is 0 Å². The number of esters is 2. The average Bonchev–Trinajstić information content (AvgIpc) is 2.73. The van der Waals surface area contributed by atoms with Gasteiger partial charge in [0.2, 0.25) is 0 Å². The van der Waals surface area contributed by atoms with Crippen LogP contribution in [-0.2, 0) is 6.18 Å². The van der Waals surface area contributed by atoms with Crippen molar-refractivity contribution in [1.82, 2.24) is 0 Å². The van der Waals surface area contributed by atoms with Gasteiger partial charge in [0.05, 0.1) is 16.7 Å². The van der Waals surface area contributed by atoms with Gasteiger partial charge >= 0.3 is 18.1 Å². The normalized spacial score (nSPS) is 11.2. The third-order valence-corrected chi connectivity index (χ3v) is 3.96. The van der Waals surface area contributed by atoms with E-state index in [0.29, 0.717) is 24.3 Å². The number of carbonyl (C=O) groups excluding carboxylic acids is 2. The average molecular weight is 440 g/mol. The van der Waals surface area contributed by atoms with E-state index in [-0.39, 0.29) is 17.1 Å². The number of alkyl halides is 3. The fourth-order valence-corrected chi connectivity index (χ4v) is 2.41. The molecule has 0 atom stereocenters. The van der Waals surface area contributed by atoms with Crippen LogP contribution in [-0.4, -0.2) is 11.9 Å². The van der Waals surface area contributed by atoms with Gasteiger partial charge in [-0.05, 0) is 48.5 Å². The van der Waals surface area contributed by atoms with Crippen LogP contribution in [0.5, 0.6) is 11.5 Å². The van der Waals surface area contributed by atoms with Crippen molar-refractivity contribution >= 4 is 11.9 Å². The summed E-state index contributed by atoms with van der Waals surface area (Å²) in [5.74, 6) is -8.26. The van der Waals surface area contributed by atoms with E-state index in [4.69, 9.17) is 9.47 Å². The number of ether oxygens (including phenoxy) is 2. The number of benzene rings is 3. The Kier molecular flexibility index (Phi) is 6.00. The number of hydrogen-bond donors (Lipinski definition) is 0. The SMILES string of the molecule is O=C(Oc1ccccc1OC(=O)c1ccc(F)c(F)c1F)c1ccc(C(F)(F)F)cc1. The summed E-state index contributed by atoms with van der Waals surface area (Å²) in [6.07, 6.45) is -4.58. The Labute approximate surface area is 170 Å². The Bertz CT molecular complexity index is 1140. The van der Waals surface area contributed by atoms with Gasteiger partial charge in [-0.2, -0.15) is 13.2 Å². The quantitative estimate of drug-likeness (QED) is 0.231. The molecule has 31 heavy (non-hydrogen) atoms. The molecule has 0 aliphatic heterocycles. The van der Waals surface area contributed by atoms with Crippen molar-refractivity contribution in [3.05, 3.63) is 94.8 Å². The number of halogens is 6. The molecule has 0 spiro atoms. The second-order valence-electron chi connectivity index (χ2n) is 6.02. The third kappa shape index (κ3) is 4.85. The lowest BCUT2D eigenvalue weighted by atomic mass is 10.1. The number of carbonyl (C=O) groups is 2. The summed E-state index contributed by atoms with van der Waals surface area (Å²) in [6, 6.07) is 9.52. The van der Waals surface area contributed by atoms with Crippen LogP contribution in [0.1, 0.15) is 26.3 Å². The fraction of sp³-hybridized carbons (Fsp3) is 0.0476. The molecular weight excluding hydrogens is 430 g/mol. The number of para-hydroxylation sites is 2. The minimum absolute atomic E-state index is 0.222. The van der Waals surface area contributed by atoms with E-state index in [9.17, 15) is 35.9 Å². The Balaban J connectivity index is 1.80. The molecule has 0 aromatic heterocycles. The van der Waals surface area contributed by atoms with E-state index < -0.39 is 46.7 Å². The number of hydrogen-bond acceptors (Lipinski definition) is 4. The molecule has 3 rings (SSSR count). The van der Waals surface area contributed by atoms with Crippen LogP contribution in [0, 0.1) is 17.5 Å². The second kappa shape index (κ2) is 8.50. The number of rotatable bonds is 4. The molecule has 160 valence electrons. The van der Waals surface area contributed by atoms with Gasteiger partial charge in [0.15, 0.2) is 29.0 Å². The lowest BCUT2D eigenvalue weighted by molar-refractivity contribution is -0.137. The highest BCUT2D eigenvalue weighted by Gasteiger charge is 2.30. The Morgan fingerprint density at radius 3 is 1.77 bits per heavy atom. The van der Waals surface area contributed by atoms with E-state index in [1.165, 1.54) is 24.3 Å². The van der Waals surface area contributed by atoms with Crippen molar-refractivity contribution in [3.63, 3.8) is 0 Å². The molecule has 0 N–H and O–H groups in total. The Morgan fingerprint density at radius 2 is 1.23 bits per heavy atom. The molecule has 0 aliphatic carbocycles. The summed E-state index contributed by atoms with van der Waals surface area (Å²) in [5, 5.41) is 0. The van der Waals surface area contributed by atoms with Gasteiger partial charge in [-0.15, -0.1) is 0 Å². The molecule has 0 radical (unpaired) electrons. The van der Waals surface area contributed by atoms with Crippen molar-refractivity contribution in [2.24, 2.45) is 0 Å². The van der Waals surface area contributed by atoms with E-state index in [2.05, 4.69) is 0 Å². The molecule has 3 aromatic carbocycles. The summed E-state index contributed by atoms with van der Waals surface area (Å²) in [5.41, 5.74) is -2.09. The highest BCUT2D eigenvalue weighted by Crippen LogP contribution is 2.31. The standard InChI is InChI=1S/C21H10F6O4/c22-14-10-9-13(17(23)18(14)24)20(29)31-16-4-2-1-3-15(16)30-19(28)11-5-7-12(8-6-11)21(25,26)27/h1-10H. The van der Waals surface area contributed by atoms with Crippen LogP contribution in [0.15, 0.2) is 60.7 Å². The molecule has 3 aromatic rings. The molecule has 0 aliphatic rings. The molecule has 4 nitrogen and oxygen atoms in total. The summed E-state index contributed by atoms with van der Waals surface area (Å²) < 4.78 is 88.0. The smallest absolute Gasteiger partial charge is 0.416 e. The zero-order chi connectivity index (χ0) is 22.8. The van der Waals surface area contributed by atoms with Gasteiger partial charge in [-0.1, -0.05) is 12.1 Å². The van der Waals surface area contributed by atoms with Crippen molar-refractivity contribution in [2.75, 3.05) is 0 Å². The zero-order valence-electron chi connectivity index (χ0n) is 15.2. The minimum Gasteiger partial charge on any atom is -0.419 e. The van der Waals surface area contributed by atoms with Crippen LogP contribution in [0.2, 0.25) is 0 Å². The fourth-order valence-electron chi connectivity index (χ4n) is 2.41. The molecular formula is C21H10F6O4. The summed E-state index contributed by atoms with van der Waals surface area (Å²) in [7, 11) is 0. The molecule has 0 heterocycles. The second-order valence-corrected chi connectivity index (χ2v) is 6.02. The first-order valence-corrected chi connectivity index (χ1v) is 8.42. The highest BCUT2D eigenvalue weighted by atomic mass is 19.4. The van der Waals surface area contributed by atoms with E-state index in [1.807, 2.05) is 0 Å². The first-order chi connectivity index (χ1) is 14.6. The highest BCUT2D eigenvalue weighted by molar-refractivity contribution is 5.93. The maximum absolute atomic E-state index is 13.8. The maximum atomic E-state index is 13.8. The molecule has 0 bridgehead atoms. The topological polar surface area (TPSA) is 52.6 Å². The van der Waals surface area contributed by atoms with Crippen LogP contribution in [0.25, 0.3) is 0 Å². The van der Waals surface area contributed by atoms with Gasteiger partial charge in [0, 0.05) is 0 Å². The van der Waals surface area contributed by atoms with Crippen LogP contribution < -0.4 is 9.47 Å². The largest absolute Gasteiger partial charge is 0.419 e. The van der Waals surface area contributed by atoms with E-state index >= 15 is 0 Å². The van der Waals surface area contributed by atoms with E-state index in [1.54, 1.807) is 0 Å². The van der Waals surface area contributed by atoms with Crippen molar-refractivity contribution in [3.8, 4) is 11.5 Å². The van der Waals surface area contributed by atoms with Crippen molar-refractivity contribution in [2.45, 2.75) is 6.18 Å². The molecule has 0 amide bonds. The van der Waals surface area contributed by atoms with Crippen LogP contribution >= 0.6 is 0 Å². The molecule has 0 fully saturated rings.